The zero-order valence-electron chi connectivity index (χ0n) is 13.1. The van der Waals surface area contributed by atoms with E-state index in [0.29, 0.717) is 29.5 Å². The number of aromatic nitrogens is 2. The molecule has 25 heavy (non-hydrogen) atoms. The van der Waals surface area contributed by atoms with Gasteiger partial charge in [0.25, 0.3) is 0 Å². The third-order valence-electron chi connectivity index (χ3n) is 4.08. The maximum absolute atomic E-state index is 13.0. The van der Waals surface area contributed by atoms with Crippen molar-refractivity contribution >= 4 is 23.2 Å². The highest BCUT2D eigenvalue weighted by molar-refractivity contribution is 7.14. The molecule has 1 aromatic carbocycles. The zero-order valence-corrected chi connectivity index (χ0v) is 13.9. The van der Waals surface area contributed by atoms with Crippen LogP contribution in [0.4, 0.5) is 4.39 Å². The smallest absolute Gasteiger partial charge is 0.316 e. The van der Waals surface area contributed by atoms with Crippen LogP contribution in [0.25, 0.3) is 10.6 Å². The lowest BCUT2D eigenvalue weighted by atomic mass is 10.1. The third-order valence-corrected chi connectivity index (χ3v) is 5.04. The van der Waals surface area contributed by atoms with Gasteiger partial charge in [0.05, 0.1) is 12.2 Å². The Kier molecular flexibility index (Phi) is 3.91. The molecule has 6 nitrogen and oxygen atoms in total. The van der Waals surface area contributed by atoms with Crippen molar-refractivity contribution in [2.45, 2.75) is 13.0 Å². The molecule has 0 bridgehead atoms. The lowest BCUT2D eigenvalue weighted by Gasteiger charge is -2.34. The molecule has 0 saturated carbocycles. The first-order chi connectivity index (χ1) is 12.1. The van der Waals surface area contributed by atoms with E-state index in [-0.39, 0.29) is 12.4 Å². The molecule has 2 heterocycles. The number of piperazine rings is 1. The number of halogens is 1. The molecule has 0 atom stereocenters. The number of rotatable bonds is 4. The van der Waals surface area contributed by atoms with E-state index in [9.17, 15) is 14.0 Å². The maximum atomic E-state index is 13.0. The van der Waals surface area contributed by atoms with Crippen molar-refractivity contribution in [1.29, 1.82) is 0 Å². The van der Waals surface area contributed by atoms with Crippen LogP contribution in [0, 0.1) is 5.82 Å². The Hall–Kier alpha value is -2.83. The van der Waals surface area contributed by atoms with E-state index in [0.717, 1.165) is 11.3 Å². The summed E-state index contributed by atoms with van der Waals surface area (Å²) in [7, 11) is 0. The summed E-state index contributed by atoms with van der Waals surface area (Å²) in [4.78, 5) is 27.5. The van der Waals surface area contributed by atoms with E-state index >= 15 is 0 Å². The standard InChI is InChI=1S/C17H13FN4O2S/c18-12-6-4-11(5-7-12)15-20-19-14(25-15)10-21-8-9-22(13-2-1-3-13)17(24)16(21)23/h1,4-7H,2,8-10H2. The first-order valence-corrected chi connectivity index (χ1v) is 8.56. The van der Waals surface area contributed by atoms with Gasteiger partial charge in [-0.3, -0.25) is 14.5 Å². The summed E-state index contributed by atoms with van der Waals surface area (Å²) in [6.45, 7) is 1.15. The molecular formula is C17H13FN4O2S. The van der Waals surface area contributed by atoms with Crippen LogP contribution in [0.1, 0.15) is 11.4 Å². The van der Waals surface area contributed by atoms with Crippen LogP contribution in [0.2, 0.25) is 0 Å². The summed E-state index contributed by atoms with van der Waals surface area (Å²) < 4.78 is 13.0. The SMILES string of the molecule is O=C1C(=O)N(C2=C=CC2)CCN1Cc1nnc(-c2ccc(F)cc2)s1. The second-order valence-electron chi connectivity index (χ2n) is 5.69. The van der Waals surface area contributed by atoms with Gasteiger partial charge in [-0.2, -0.15) is 0 Å². The lowest BCUT2D eigenvalue weighted by molar-refractivity contribution is -0.155. The van der Waals surface area contributed by atoms with E-state index in [1.807, 2.05) is 6.08 Å². The average Bonchev–Trinajstić information content (AvgIpc) is 3.02. The van der Waals surface area contributed by atoms with Gasteiger partial charge < -0.3 is 4.90 Å². The monoisotopic (exact) mass is 356 g/mol. The summed E-state index contributed by atoms with van der Waals surface area (Å²) in [6.07, 6.45) is 2.51. The molecule has 1 saturated heterocycles. The first kappa shape index (κ1) is 15.7. The number of benzene rings is 1. The quantitative estimate of drug-likeness (QED) is 0.620. The van der Waals surface area contributed by atoms with Crippen LogP contribution in [-0.4, -0.2) is 44.9 Å². The molecule has 4 rings (SSSR count). The van der Waals surface area contributed by atoms with Crippen molar-refractivity contribution in [3.05, 3.63) is 52.6 Å². The minimum Gasteiger partial charge on any atom is -0.326 e. The van der Waals surface area contributed by atoms with E-state index < -0.39 is 11.8 Å². The number of amides is 2. The molecule has 0 unspecified atom stereocenters. The van der Waals surface area contributed by atoms with Gasteiger partial charge in [-0.1, -0.05) is 11.3 Å². The fourth-order valence-electron chi connectivity index (χ4n) is 2.65. The van der Waals surface area contributed by atoms with Crippen LogP contribution in [0.3, 0.4) is 0 Å². The van der Waals surface area contributed by atoms with Crippen molar-refractivity contribution in [3.8, 4) is 10.6 Å². The Morgan fingerprint density at radius 3 is 2.56 bits per heavy atom. The summed E-state index contributed by atoms with van der Waals surface area (Å²) in [6, 6.07) is 5.99. The lowest BCUT2D eigenvalue weighted by Crippen LogP contribution is -2.53. The van der Waals surface area contributed by atoms with Gasteiger partial charge in [0.1, 0.15) is 15.8 Å². The normalized spacial score (nSPS) is 16.9. The molecule has 2 aliphatic rings. The summed E-state index contributed by atoms with van der Waals surface area (Å²) in [5.74, 6) is -1.37. The van der Waals surface area contributed by atoms with Crippen molar-refractivity contribution in [2.24, 2.45) is 0 Å². The minimum absolute atomic E-state index is 0.242. The van der Waals surface area contributed by atoms with Crippen molar-refractivity contribution in [1.82, 2.24) is 20.0 Å². The summed E-state index contributed by atoms with van der Waals surface area (Å²) in [5, 5.41) is 9.46. The predicted octanol–water partition coefficient (Wildman–Crippen LogP) is 1.96. The molecule has 0 N–H and O–H groups in total. The van der Waals surface area contributed by atoms with Crippen LogP contribution >= 0.6 is 11.3 Å². The fraction of sp³-hybridized carbons (Fsp3) is 0.235. The molecule has 126 valence electrons. The number of hydrogen-bond donors (Lipinski definition) is 0. The number of carbonyl (C=O) groups is 2. The average molecular weight is 356 g/mol. The highest BCUT2D eigenvalue weighted by Gasteiger charge is 2.35. The Morgan fingerprint density at radius 2 is 1.88 bits per heavy atom. The Labute approximate surface area is 146 Å². The highest BCUT2D eigenvalue weighted by Crippen LogP contribution is 2.25. The van der Waals surface area contributed by atoms with Crippen LogP contribution in [0.5, 0.6) is 0 Å². The second kappa shape index (κ2) is 6.23. The number of carbonyl (C=O) groups excluding carboxylic acids is 2. The molecular weight excluding hydrogens is 343 g/mol. The number of hydrogen-bond acceptors (Lipinski definition) is 5. The first-order valence-electron chi connectivity index (χ1n) is 7.75. The Balaban J connectivity index is 1.46. The van der Waals surface area contributed by atoms with Crippen LogP contribution < -0.4 is 0 Å². The van der Waals surface area contributed by atoms with Crippen molar-refractivity contribution < 1.29 is 14.0 Å². The van der Waals surface area contributed by atoms with E-state index in [1.54, 1.807) is 12.1 Å². The highest BCUT2D eigenvalue weighted by atomic mass is 32.1. The van der Waals surface area contributed by atoms with E-state index in [2.05, 4.69) is 15.9 Å². The van der Waals surface area contributed by atoms with E-state index in [1.165, 1.54) is 33.3 Å². The molecule has 2 aromatic rings. The van der Waals surface area contributed by atoms with Gasteiger partial charge in [0.2, 0.25) is 0 Å². The largest absolute Gasteiger partial charge is 0.326 e. The summed E-state index contributed by atoms with van der Waals surface area (Å²) >= 11 is 1.33. The second-order valence-corrected chi connectivity index (χ2v) is 6.75. The predicted molar refractivity (Wildman–Crippen MR) is 88.6 cm³/mol. The van der Waals surface area contributed by atoms with Crippen molar-refractivity contribution in [3.63, 3.8) is 0 Å². The molecule has 8 heteroatoms. The van der Waals surface area contributed by atoms with Gasteiger partial charge in [0.15, 0.2) is 0 Å². The van der Waals surface area contributed by atoms with Gasteiger partial charge in [-0.25, -0.2) is 4.39 Å². The van der Waals surface area contributed by atoms with Crippen molar-refractivity contribution in [2.75, 3.05) is 13.1 Å². The van der Waals surface area contributed by atoms with Crippen LogP contribution in [-0.2, 0) is 16.1 Å². The summed E-state index contributed by atoms with van der Waals surface area (Å²) in [5.41, 5.74) is 4.47. The molecule has 1 aromatic heterocycles. The molecule has 2 amide bonds. The van der Waals surface area contributed by atoms with Crippen LogP contribution in [0.15, 0.2) is 41.8 Å². The molecule has 1 fully saturated rings. The van der Waals surface area contributed by atoms with Gasteiger partial charge in [-0.05, 0) is 30.3 Å². The Bertz CT molecular complexity index is 915. The van der Waals surface area contributed by atoms with Gasteiger partial charge in [-0.15, -0.1) is 15.9 Å². The fourth-order valence-corrected chi connectivity index (χ4v) is 3.52. The molecule has 0 radical (unpaired) electrons. The van der Waals surface area contributed by atoms with E-state index in [4.69, 9.17) is 0 Å². The molecule has 1 aliphatic carbocycles. The maximum Gasteiger partial charge on any atom is 0.316 e. The Morgan fingerprint density at radius 1 is 1.12 bits per heavy atom. The minimum atomic E-state index is -0.536. The molecule has 0 spiro atoms. The zero-order chi connectivity index (χ0) is 17.4. The van der Waals surface area contributed by atoms with Gasteiger partial charge >= 0.3 is 11.8 Å². The number of nitrogens with zero attached hydrogens (tertiary/aromatic N) is 4. The van der Waals surface area contributed by atoms with Gasteiger partial charge in [0, 0.05) is 25.1 Å². The topological polar surface area (TPSA) is 66.4 Å². The molecule has 1 aliphatic heterocycles. The third kappa shape index (κ3) is 2.97.